The number of benzene rings is 1. The van der Waals surface area contributed by atoms with Gasteiger partial charge >= 0.3 is 0 Å². The van der Waals surface area contributed by atoms with Crippen LogP contribution in [0.15, 0.2) is 78.9 Å². The quantitative estimate of drug-likeness (QED) is 0.273. The average molecular weight is 443 g/mol. The summed E-state index contributed by atoms with van der Waals surface area (Å²) in [7, 11) is 0. The lowest BCUT2D eigenvalue weighted by Crippen LogP contribution is -1.98. The second-order valence-electron chi connectivity index (χ2n) is 8.16. The molecule has 4 aromatic rings. The summed E-state index contributed by atoms with van der Waals surface area (Å²) < 4.78 is 5.34. The molecule has 0 saturated carbocycles. The zero-order chi connectivity index (χ0) is 22.7. The minimum atomic E-state index is 0.705. The van der Waals surface area contributed by atoms with Crippen molar-refractivity contribution in [3.63, 3.8) is 0 Å². The Bertz CT molecular complexity index is 1530. The molecular formula is C29H22N4O. The van der Waals surface area contributed by atoms with Crippen LogP contribution in [0, 0.1) is 0 Å². The van der Waals surface area contributed by atoms with E-state index < -0.39 is 0 Å². The fraction of sp³-hybridized carbons (Fsp3) is 0.0345. The summed E-state index contributed by atoms with van der Waals surface area (Å²) >= 11 is 0. The number of para-hydroxylation sites is 1. The van der Waals surface area contributed by atoms with Gasteiger partial charge in [-0.3, -0.25) is 0 Å². The summed E-state index contributed by atoms with van der Waals surface area (Å²) in [6.07, 6.45) is 12.1. The van der Waals surface area contributed by atoms with Gasteiger partial charge in [0.25, 0.3) is 0 Å². The molecule has 34 heavy (non-hydrogen) atoms. The van der Waals surface area contributed by atoms with Gasteiger partial charge < -0.3 is 14.7 Å². The molecule has 5 nitrogen and oxygen atoms in total. The van der Waals surface area contributed by atoms with E-state index >= 15 is 0 Å². The maximum Gasteiger partial charge on any atom is 0.126 e. The molecule has 2 N–H and O–H groups in total. The van der Waals surface area contributed by atoms with Crippen molar-refractivity contribution in [2.75, 3.05) is 6.61 Å². The Balaban J connectivity index is 0.000000182. The molecular weight excluding hydrogens is 420 g/mol. The standard InChI is InChI=1S/C20H14N4.C9H8O/c1-2-14-10-16-5-6-18(23-16)12-20-8-7-19(24-20)11-17-4-3-15(22-17)9-13(1)21-14;1-2-6-9-8(4-1)5-3-7-10-9/h1-12,21-22H;1-6H,7H2. The lowest BCUT2D eigenvalue weighted by molar-refractivity contribution is 0.358. The van der Waals surface area contributed by atoms with Crippen molar-refractivity contribution in [3.05, 3.63) is 107 Å². The Morgan fingerprint density at radius 3 is 1.68 bits per heavy atom. The van der Waals surface area contributed by atoms with Crippen LogP contribution < -0.4 is 4.74 Å². The smallest absolute Gasteiger partial charge is 0.126 e. The number of hydrogen-bond donors (Lipinski definition) is 2. The van der Waals surface area contributed by atoms with Gasteiger partial charge in [0.05, 0.1) is 22.8 Å². The van der Waals surface area contributed by atoms with E-state index in [1.54, 1.807) is 0 Å². The first-order valence-electron chi connectivity index (χ1n) is 11.2. The van der Waals surface area contributed by atoms with Crippen molar-refractivity contribution in [3.8, 4) is 5.75 Å². The molecule has 5 heteroatoms. The largest absolute Gasteiger partial charge is 0.489 e. The normalized spacial score (nSPS) is 13.1. The van der Waals surface area contributed by atoms with Crippen molar-refractivity contribution in [1.82, 2.24) is 19.9 Å². The minimum Gasteiger partial charge on any atom is -0.489 e. The zero-order valence-corrected chi connectivity index (χ0v) is 18.4. The van der Waals surface area contributed by atoms with Crippen LogP contribution >= 0.6 is 0 Å². The number of nitrogens with one attached hydrogen (secondary N) is 2. The molecule has 0 spiro atoms. The first-order valence-corrected chi connectivity index (χ1v) is 11.2. The average Bonchev–Trinajstić information content (AvgIpc) is 3.66. The zero-order valence-electron chi connectivity index (χ0n) is 18.4. The lowest BCUT2D eigenvalue weighted by Gasteiger charge is -2.10. The summed E-state index contributed by atoms with van der Waals surface area (Å²) in [6, 6.07) is 24.4. The van der Waals surface area contributed by atoms with Gasteiger partial charge in [-0.1, -0.05) is 24.3 Å². The van der Waals surface area contributed by atoms with Gasteiger partial charge in [0.2, 0.25) is 0 Å². The SMILES string of the molecule is C1=Cc2cc3ccc(cc4ccc(cc5nc(cc1n2)C=C5)[nH]4)[nH]3.C1=Cc2ccccc2OC1. The van der Waals surface area contributed by atoms with Crippen LogP contribution in [0.4, 0.5) is 0 Å². The molecule has 7 rings (SSSR count). The number of ether oxygens (including phenoxy) is 1. The number of nitrogens with zero attached hydrogens (tertiary/aromatic N) is 2. The van der Waals surface area contributed by atoms with E-state index in [0.29, 0.717) is 6.61 Å². The molecule has 3 aliphatic heterocycles. The second kappa shape index (κ2) is 8.71. The molecule has 0 fully saturated rings. The summed E-state index contributed by atoms with van der Waals surface area (Å²) in [4.78, 5) is 16.0. The summed E-state index contributed by atoms with van der Waals surface area (Å²) in [5.74, 6) is 0.991. The Hall–Kier alpha value is -4.64. The minimum absolute atomic E-state index is 0.705. The van der Waals surface area contributed by atoms with E-state index in [4.69, 9.17) is 4.74 Å². The third kappa shape index (κ3) is 4.45. The van der Waals surface area contributed by atoms with Crippen molar-refractivity contribution in [1.29, 1.82) is 0 Å². The fourth-order valence-corrected chi connectivity index (χ4v) is 4.01. The molecule has 0 aliphatic carbocycles. The van der Waals surface area contributed by atoms with Crippen molar-refractivity contribution in [2.24, 2.45) is 0 Å². The first-order chi connectivity index (χ1) is 16.8. The topological polar surface area (TPSA) is 66.6 Å². The molecule has 0 saturated heterocycles. The van der Waals surface area contributed by atoms with Crippen molar-refractivity contribution in [2.45, 2.75) is 0 Å². The van der Waals surface area contributed by atoms with Gasteiger partial charge in [0.1, 0.15) is 12.4 Å². The predicted octanol–water partition coefficient (Wildman–Crippen LogP) is 6.75. The number of aromatic amines is 2. The molecule has 0 unspecified atom stereocenters. The van der Waals surface area contributed by atoms with Gasteiger partial charge in [-0.05, 0) is 85.0 Å². The van der Waals surface area contributed by atoms with Crippen LogP contribution in [0.2, 0.25) is 0 Å². The van der Waals surface area contributed by atoms with E-state index in [9.17, 15) is 0 Å². The van der Waals surface area contributed by atoms with E-state index in [1.807, 2.05) is 72.8 Å². The Morgan fingerprint density at radius 1 is 0.559 bits per heavy atom. The molecule has 0 radical (unpaired) electrons. The van der Waals surface area contributed by atoms with Crippen LogP contribution in [0.25, 0.3) is 52.4 Å². The second-order valence-corrected chi connectivity index (χ2v) is 8.16. The number of fused-ring (bicyclic) bond motifs is 9. The highest BCUT2D eigenvalue weighted by atomic mass is 16.5. The Kier molecular flexibility index (Phi) is 5.13. The molecule has 0 atom stereocenters. The lowest BCUT2D eigenvalue weighted by atomic mass is 10.1. The molecule has 6 heterocycles. The highest BCUT2D eigenvalue weighted by Gasteiger charge is 2.03. The molecule has 3 aliphatic rings. The van der Waals surface area contributed by atoms with Crippen molar-refractivity contribution >= 4 is 52.4 Å². The van der Waals surface area contributed by atoms with E-state index in [0.717, 1.165) is 50.6 Å². The maximum atomic E-state index is 5.34. The summed E-state index contributed by atoms with van der Waals surface area (Å²) in [6.45, 7) is 0.705. The molecule has 3 aromatic heterocycles. The van der Waals surface area contributed by atoms with Crippen LogP contribution in [-0.4, -0.2) is 26.5 Å². The molecule has 8 bridgehead atoms. The fourth-order valence-electron chi connectivity index (χ4n) is 4.01. The van der Waals surface area contributed by atoms with Gasteiger partial charge in [0, 0.05) is 27.6 Å². The van der Waals surface area contributed by atoms with Crippen molar-refractivity contribution < 1.29 is 4.74 Å². The monoisotopic (exact) mass is 442 g/mol. The van der Waals surface area contributed by atoms with Gasteiger partial charge in [0.15, 0.2) is 0 Å². The highest BCUT2D eigenvalue weighted by molar-refractivity contribution is 5.77. The molecule has 164 valence electrons. The predicted molar refractivity (Wildman–Crippen MR) is 140 cm³/mol. The molecule has 0 amide bonds. The Morgan fingerprint density at radius 2 is 1.09 bits per heavy atom. The first kappa shape index (κ1) is 20.0. The van der Waals surface area contributed by atoms with E-state index in [1.165, 1.54) is 5.56 Å². The highest BCUT2D eigenvalue weighted by Crippen LogP contribution is 2.22. The van der Waals surface area contributed by atoms with Crippen LogP contribution in [0.5, 0.6) is 5.75 Å². The third-order valence-electron chi connectivity index (χ3n) is 5.59. The maximum absolute atomic E-state index is 5.34. The van der Waals surface area contributed by atoms with Gasteiger partial charge in [-0.2, -0.15) is 0 Å². The number of rotatable bonds is 0. The van der Waals surface area contributed by atoms with Gasteiger partial charge in [-0.15, -0.1) is 0 Å². The summed E-state index contributed by atoms with van der Waals surface area (Å²) in [5, 5.41) is 0. The summed E-state index contributed by atoms with van der Waals surface area (Å²) in [5.41, 5.74) is 9.04. The number of H-pyrrole nitrogens is 2. The van der Waals surface area contributed by atoms with Crippen LogP contribution in [0.1, 0.15) is 28.3 Å². The van der Waals surface area contributed by atoms with E-state index in [2.05, 4.69) is 56.3 Å². The van der Waals surface area contributed by atoms with Gasteiger partial charge in [-0.25, -0.2) is 9.97 Å². The van der Waals surface area contributed by atoms with E-state index in [-0.39, 0.29) is 0 Å². The van der Waals surface area contributed by atoms with Crippen LogP contribution in [0.3, 0.4) is 0 Å². The number of aromatic nitrogens is 4. The molecule has 1 aromatic carbocycles. The Labute approximate surface area is 196 Å². The third-order valence-corrected chi connectivity index (χ3v) is 5.59. The van der Waals surface area contributed by atoms with Crippen LogP contribution in [-0.2, 0) is 0 Å². The number of hydrogen-bond acceptors (Lipinski definition) is 3.